The highest BCUT2D eigenvalue weighted by molar-refractivity contribution is 5.21. The smallest absolute Gasteiger partial charge is 0.0681 e. The minimum absolute atomic E-state index is 0.0451. The van der Waals surface area contributed by atoms with Crippen LogP contribution in [0.1, 0.15) is 25.0 Å². The van der Waals surface area contributed by atoms with Crippen molar-refractivity contribution < 1.29 is 20.4 Å². The van der Waals surface area contributed by atoms with Gasteiger partial charge in [-0.05, 0) is 11.1 Å². The summed E-state index contributed by atoms with van der Waals surface area (Å²) in [7, 11) is 0. The van der Waals surface area contributed by atoms with Crippen molar-refractivity contribution >= 4 is 0 Å². The fourth-order valence-electron chi connectivity index (χ4n) is 0.800. The lowest BCUT2D eigenvalue weighted by Crippen LogP contribution is -2.20. The predicted octanol–water partition coefficient (Wildman–Crippen LogP) is 0.668. The second-order valence-electron chi connectivity index (χ2n) is 4.61. The van der Waals surface area contributed by atoms with E-state index in [0.717, 1.165) is 11.1 Å². The molecule has 4 N–H and O–H groups in total. The number of rotatable bonds is 4. The molecule has 0 saturated heterocycles. The van der Waals surface area contributed by atoms with Gasteiger partial charge in [-0.3, -0.25) is 0 Å². The number of hydrogen-bond acceptors (Lipinski definition) is 4. The lowest BCUT2D eigenvalue weighted by molar-refractivity contribution is 0.0857. The summed E-state index contributed by atoms with van der Waals surface area (Å²) >= 11 is 0. The van der Waals surface area contributed by atoms with Crippen LogP contribution >= 0.6 is 0 Å². The van der Waals surface area contributed by atoms with Crippen LogP contribution < -0.4 is 0 Å². The first-order valence-electron chi connectivity index (χ1n) is 5.50. The molecule has 0 radical (unpaired) electrons. The molecule has 17 heavy (non-hydrogen) atoms. The van der Waals surface area contributed by atoms with Gasteiger partial charge in [-0.1, -0.05) is 38.1 Å². The van der Waals surface area contributed by atoms with Gasteiger partial charge in [0, 0.05) is 5.41 Å². The lowest BCUT2D eigenvalue weighted by Gasteiger charge is -2.16. The van der Waals surface area contributed by atoms with Gasteiger partial charge < -0.3 is 20.4 Å². The van der Waals surface area contributed by atoms with Crippen LogP contribution in [0.5, 0.6) is 0 Å². The van der Waals surface area contributed by atoms with Crippen LogP contribution in [0.25, 0.3) is 0 Å². The van der Waals surface area contributed by atoms with E-state index in [-0.39, 0.29) is 31.8 Å². The van der Waals surface area contributed by atoms with Crippen LogP contribution in [-0.2, 0) is 13.2 Å². The Bertz CT molecular complexity index is 264. The molecule has 0 saturated carbocycles. The highest BCUT2D eigenvalue weighted by Crippen LogP contribution is 2.10. The first kappa shape index (κ1) is 16.1. The zero-order valence-corrected chi connectivity index (χ0v) is 10.4. The standard InChI is InChI=1S/C8H10O2.C5H12O2/c9-5-7-1-2-8(6-10)4-3-7;1-5(2,3-6)4-7/h1-4,9-10H,5-6H2;6-7H,3-4H2,1-2H3. The average Bonchev–Trinajstić information content (AvgIpc) is 2.39. The molecular formula is C13H22O4. The van der Waals surface area contributed by atoms with Crippen molar-refractivity contribution in [1.82, 2.24) is 0 Å². The Labute approximate surface area is 102 Å². The Kier molecular flexibility index (Phi) is 7.74. The van der Waals surface area contributed by atoms with Gasteiger partial charge in [0.1, 0.15) is 0 Å². The summed E-state index contributed by atoms with van der Waals surface area (Å²) < 4.78 is 0. The van der Waals surface area contributed by atoms with Gasteiger partial charge in [-0.15, -0.1) is 0 Å². The van der Waals surface area contributed by atoms with Gasteiger partial charge >= 0.3 is 0 Å². The number of aliphatic hydroxyl groups is 4. The molecule has 0 aliphatic rings. The molecule has 0 aliphatic heterocycles. The maximum absolute atomic E-state index is 8.64. The summed E-state index contributed by atoms with van der Waals surface area (Å²) in [5.41, 5.74) is 1.44. The Morgan fingerprint density at radius 3 is 1.18 bits per heavy atom. The maximum Gasteiger partial charge on any atom is 0.0681 e. The molecule has 1 rings (SSSR count). The molecule has 0 amide bonds. The van der Waals surface area contributed by atoms with Gasteiger partial charge in [0.15, 0.2) is 0 Å². The first-order chi connectivity index (χ1) is 7.99. The van der Waals surface area contributed by atoms with Crippen LogP contribution in [0.15, 0.2) is 24.3 Å². The van der Waals surface area contributed by atoms with Crippen molar-refractivity contribution in [3.63, 3.8) is 0 Å². The predicted molar refractivity (Wildman–Crippen MR) is 66.2 cm³/mol. The summed E-state index contributed by atoms with van der Waals surface area (Å²) in [6, 6.07) is 7.19. The molecule has 0 fully saturated rings. The van der Waals surface area contributed by atoms with Gasteiger partial charge in [-0.25, -0.2) is 0 Å². The first-order valence-corrected chi connectivity index (χ1v) is 5.50. The highest BCUT2D eigenvalue weighted by atomic mass is 16.3. The fraction of sp³-hybridized carbons (Fsp3) is 0.538. The minimum Gasteiger partial charge on any atom is -0.396 e. The maximum atomic E-state index is 8.64. The molecule has 4 nitrogen and oxygen atoms in total. The van der Waals surface area contributed by atoms with Gasteiger partial charge in [0.25, 0.3) is 0 Å². The van der Waals surface area contributed by atoms with E-state index in [2.05, 4.69) is 0 Å². The molecule has 4 heteroatoms. The fourth-order valence-corrected chi connectivity index (χ4v) is 0.800. The third-order valence-corrected chi connectivity index (χ3v) is 2.24. The third-order valence-electron chi connectivity index (χ3n) is 2.24. The normalized spacial score (nSPS) is 10.7. The van der Waals surface area contributed by atoms with Gasteiger partial charge in [0.2, 0.25) is 0 Å². The van der Waals surface area contributed by atoms with Crippen LogP contribution in [-0.4, -0.2) is 33.6 Å². The molecule has 0 spiro atoms. The van der Waals surface area contributed by atoms with Crippen LogP contribution in [0.2, 0.25) is 0 Å². The Hall–Kier alpha value is -0.940. The largest absolute Gasteiger partial charge is 0.396 e. The summed E-state index contributed by atoms with van der Waals surface area (Å²) in [6.45, 7) is 3.81. The molecule has 1 aromatic rings. The zero-order chi connectivity index (χ0) is 13.3. The van der Waals surface area contributed by atoms with Gasteiger partial charge in [0.05, 0.1) is 26.4 Å². The molecule has 98 valence electrons. The van der Waals surface area contributed by atoms with E-state index < -0.39 is 0 Å². The van der Waals surface area contributed by atoms with E-state index in [9.17, 15) is 0 Å². The summed E-state index contributed by atoms with van der Waals surface area (Å²) in [6.07, 6.45) is 0. The van der Waals surface area contributed by atoms with Crippen LogP contribution in [0.3, 0.4) is 0 Å². The van der Waals surface area contributed by atoms with E-state index in [0.29, 0.717) is 0 Å². The molecule has 0 bridgehead atoms. The number of benzene rings is 1. The quantitative estimate of drug-likeness (QED) is 0.625. The Balaban J connectivity index is 0.000000325. The van der Waals surface area contributed by atoms with Crippen molar-refractivity contribution in [3.8, 4) is 0 Å². The molecule has 0 unspecified atom stereocenters. The van der Waals surface area contributed by atoms with Crippen molar-refractivity contribution in [2.45, 2.75) is 27.1 Å². The molecule has 0 atom stereocenters. The van der Waals surface area contributed by atoms with Gasteiger partial charge in [-0.2, -0.15) is 0 Å². The Morgan fingerprint density at radius 1 is 0.765 bits per heavy atom. The SMILES string of the molecule is CC(C)(CO)CO.OCc1ccc(CO)cc1. The van der Waals surface area contributed by atoms with Crippen molar-refractivity contribution in [1.29, 1.82) is 0 Å². The van der Waals surface area contributed by atoms with E-state index in [1.807, 2.05) is 0 Å². The molecule has 0 aromatic heterocycles. The monoisotopic (exact) mass is 242 g/mol. The zero-order valence-electron chi connectivity index (χ0n) is 10.4. The van der Waals surface area contributed by atoms with E-state index in [1.54, 1.807) is 38.1 Å². The minimum atomic E-state index is -0.306. The number of aliphatic hydroxyl groups excluding tert-OH is 4. The lowest BCUT2D eigenvalue weighted by atomic mass is 9.97. The average molecular weight is 242 g/mol. The van der Waals surface area contributed by atoms with E-state index in [4.69, 9.17) is 20.4 Å². The highest BCUT2D eigenvalue weighted by Gasteiger charge is 2.13. The summed E-state index contributed by atoms with van der Waals surface area (Å²) in [4.78, 5) is 0. The topological polar surface area (TPSA) is 80.9 Å². The molecule has 1 aromatic carbocycles. The van der Waals surface area contributed by atoms with Crippen molar-refractivity contribution in [3.05, 3.63) is 35.4 Å². The molecular weight excluding hydrogens is 220 g/mol. The second-order valence-corrected chi connectivity index (χ2v) is 4.61. The van der Waals surface area contributed by atoms with Crippen molar-refractivity contribution in [2.75, 3.05) is 13.2 Å². The third kappa shape index (κ3) is 7.07. The Morgan fingerprint density at radius 2 is 1.06 bits per heavy atom. The van der Waals surface area contributed by atoms with Crippen LogP contribution in [0, 0.1) is 5.41 Å². The van der Waals surface area contributed by atoms with E-state index >= 15 is 0 Å². The second kappa shape index (κ2) is 8.20. The summed E-state index contributed by atoms with van der Waals surface area (Å²) in [5, 5.41) is 34.1. The molecule has 0 heterocycles. The van der Waals surface area contributed by atoms with Crippen molar-refractivity contribution in [2.24, 2.45) is 5.41 Å². The van der Waals surface area contributed by atoms with Crippen LogP contribution in [0.4, 0.5) is 0 Å². The summed E-state index contributed by atoms with van der Waals surface area (Å²) in [5.74, 6) is 0. The number of hydrogen-bond donors (Lipinski definition) is 4. The molecule has 0 aliphatic carbocycles. The van der Waals surface area contributed by atoms with E-state index in [1.165, 1.54) is 0 Å².